The van der Waals surface area contributed by atoms with Crippen LogP contribution >= 0.6 is 11.6 Å². The number of hydrogen-bond donors (Lipinski definition) is 0. The lowest BCUT2D eigenvalue weighted by atomic mass is 9.84. The van der Waals surface area contributed by atoms with Crippen molar-refractivity contribution in [2.75, 3.05) is 14.2 Å². The van der Waals surface area contributed by atoms with Crippen LogP contribution in [0.4, 0.5) is 0 Å². The van der Waals surface area contributed by atoms with Crippen LogP contribution in [0.15, 0.2) is 34.9 Å². The standard InChI is InChI=1S/C27H39ClO5/c1-27(2,32-4)33-24-16-20-14-18(10-8-9-13-25(29)31-3)15-21(20)22(24)17-23(28)26(30)19-11-6-5-7-12-19/h8,10,14,17,19-22,24H,5-7,9,11-13,15-16H2,1-4H3/b10-8+,23-17-. The average molecular weight is 479 g/mol. The molecule has 2 saturated carbocycles. The molecule has 4 atom stereocenters. The van der Waals surface area contributed by atoms with Gasteiger partial charge in [0.05, 0.1) is 18.2 Å². The molecule has 184 valence electrons. The van der Waals surface area contributed by atoms with Crippen LogP contribution in [0.1, 0.15) is 71.6 Å². The van der Waals surface area contributed by atoms with Gasteiger partial charge < -0.3 is 14.2 Å². The van der Waals surface area contributed by atoms with Crippen LogP contribution in [-0.2, 0) is 23.8 Å². The monoisotopic (exact) mass is 478 g/mol. The van der Waals surface area contributed by atoms with Gasteiger partial charge in [-0.25, -0.2) is 0 Å². The van der Waals surface area contributed by atoms with E-state index in [-0.39, 0.29) is 29.7 Å². The summed E-state index contributed by atoms with van der Waals surface area (Å²) in [6.45, 7) is 3.84. The Kier molecular flexibility index (Phi) is 9.37. The summed E-state index contributed by atoms with van der Waals surface area (Å²) in [7, 11) is 3.06. The van der Waals surface area contributed by atoms with E-state index in [0.29, 0.717) is 29.7 Å². The largest absolute Gasteiger partial charge is 0.469 e. The Balaban J connectivity index is 1.72. The maximum Gasteiger partial charge on any atom is 0.305 e. The fourth-order valence-corrected chi connectivity index (χ4v) is 5.80. The van der Waals surface area contributed by atoms with E-state index in [2.05, 4.69) is 12.2 Å². The van der Waals surface area contributed by atoms with E-state index in [1.54, 1.807) is 7.11 Å². The minimum Gasteiger partial charge on any atom is -0.469 e. The highest BCUT2D eigenvalue weighted by atomic mass is 35.5. The van der Waals surface area contributed by atoms with E-state index in [1.165, 1.54) is 19.1 Å². The number of allylic oxidation sites excluding steroid dienone is 5. The van der Waals surface area contributed by atoms with E-state index >= 15 is 0 Å². The lowest BCUT2D eigenvalue weighted by Gasteiger charge is -2.31. The van der Waals surface area contributed by atoms with Crippen LogP contribution < -0.4 is 0 Å². The number of ether oxygens (including phenoxy) is 3. The molecule has 3 aliphatic carbocycles. The molecule has 3 aliphatic rings. The van der Waals surface area contributed by atoms with Gasteiger partial charge in [-0.05, 0) is 57.8 Å². The molecule has 3 rings (SSSR count). The molecule has 5 nitrogen and oxygen atoms in total. The Morgan fingerprint density at radius 2 is 1.91 bits per heavy atom. The first-order valence-electron chi connectivity index (χ1n) is 12.3. The molecular weight excluding hydrogens is 440 g/mol. The van der Waals surface area contributed by atoms with Crippen LogP contribution in [0.2, 0.25) is 0 Å². The molecule has 33 heavy (non-hydrogen) atoms. The Morgan fingerprint density at radius 1 is 1.18 bits per heavy atom. The third-order valence-electron chi connectivity index (χ3n) is 7.43. The Bertz CT molecular complexity index is 790. The van der Waals surface area contributed by atoms with Gasteiger partial charge in [-0.3, -0.25) is 9.59 Å². The van der Waals surface area contributed by atoms with Gasteiger partial charge >= 0.3 is 5.97 Å². The first kappa shape index (κ1) is 26.2. The lowest BCUT2D eigenvalue weighted by molar-refractivity contribution is -0.227. The van der Waals surface area contributed by atoms with E-state index < -0.39 is 5.79 Å². The van der Waals surface area contributed by atoms with Crippen LogP contribution in [0.25, 0.3) is 0 Å². The van der Waals surface area contributed by atoms with E-state index in [0.717, 1.165) is 38.5 Å². The fourth-order valence-electron chi connectivity index (χ4n) is 5.50. The quantitative estimate of drug-likeness (QED) is 0.215. The summed E-state index contributed by atoms with van der Waals surface area (Å²) in [4.78, 5) is 24.3. The number of rotatable bonds is 10. The van der Waals surface area contributed by atoms with Crippen molar-refractivity contribution in [2.24, 2.45) is 23.7 Å². The van der Waals surface area contributed by atoms with Crippen molar-refractivity contribution in [3.8, 4) is 0 Å². The minimum atomic E-state index is -0.699. The average Bonchev–Trinajstić information content (AvgIpc) is 3.34. The Hall–Kier alpha value is -1.43. The van der Waals surface area contributed by atoms with Crippen molar-refractivity contribution in [1.82, 2.24) is 0 Å². The molecular formula is C27H39ClO5. The first-order chi connectivity index (χ1) is 15.7. The third kappa shape index (κ3) is 7.03. The van der Waals surface area contributed by atoms with Crippen LogP contribution in [0.3, 0.4) is 0 Å². The molecule has 0 aromatic heterocycles. The molecule has 0 amide bonds. The summed E-state index contributed by atoms with van der Waals surface area (Å²) in [5.41, 5.74) is 1.27. The SMILES string of the molecule is COC(=O)CC/C=C/C1=CC2CC(OC(C)(C)OC)C(/C=C(\Cl)C(=O)C3CCCCC3)C2C1. The third-order valence-corrected chi connectivity index (χ3v) is 7.74. The predicted molar refractivity (Wildman–Crippen MR) is 130 cm³/mol. The zero-order chi connectivity index (χ0) is 24.0. The number of hydrogen-bond acceptors (Lipinski definition) is 5. The second-order valence-corrected chi connectivity index (χ2v) is 10.5. The molecule has 2 fully saturated rings. The lowest BCUT2D eigenvalue weighted by Crippen LogP contribution is -2.35. The van der Waals surface area contributed by atoms with Crippen LogP contribution in [0.5, 0.6) is 0 Å². The highest BCUT2D eigenvalue weighted by Gasteiger charge is 2.46. The molecule has 0 aliphatic heterocycles. The summed E-state index contributed by atoms with van der Waals surface area (Å²) < 4.78 is 16.6. The fraction of sp³-hybridized carbons (Fsp3) is 0.704. The zero-order valence-corrected chi connectivity index (χ0v) is 21.2. The molecule has 0 aromatic carbocycles. The summed E-state index contributed by atoms with van der Waals surface area (Å²) in [6, 6.07) is 0. The van der Waals surface area contributed by atoms with Crippen molar-refractivity contribution in [2.45, 2.75) is 83.5 Å². The van der Waals surface area contributed by atoms with Gasteiger partial charge in [-0.15, -0.1) is 0 Å². The maximum atomic E-state index is 13.0. The van der Waals surface area contributed by atoms with E-state index in [9.17, 15) is 9.59 Å². The van der Waals surface area contributed by atoms with Crippen LogP contribution in [0, 0.1) is 23.7 Å². The van der Waals surface area contributed by atoms with E-state index in [1.807, 2.05) is 26.0 Å². The second-order valence-electron chi connectivity index (χ2n) is 10.1. The van der Waals surface area contributed by atoms with Gasteiger partial charge in [0.15, 0.2) is 11.6 Å². The van der Waals surface area contributed by atoms with Gasteiger partial charge in [0.25, 0.3) is 0 Å². The molecule has 0 saturated heterocycles. The van der Waals surface area contributed by atoms with Gasteiger partial charge in [0.1, 0.15) is 0 Å². The Labute approximate surface area is 203 Å². The Morgan fingerprint density at radius 3 is 2.58 bits per heavy atom. The van der Waals surface area contributed by atoms with Crippen molar-refractivity contribution < 1.29 is 23.8 Å². The number of ketones is 1. The highest BCUT2D eigenvalue weighted by Crippen LogP contribution is 2.50. The molecule has 0 radical (unpaired) electrons. The molecule has 6 heteroatoms. The second kappa shape index (κ2) is 11.8. The number of fused-ring (bicyclic) bond motifs is 1. The number of carbonyl (C=O) groups is 2. The maximum absolute atomic E-state index is 13.0. The number of carbonyl (C=O) groups excluding carboxylic acids is 2. The van der Waals surface area contributed by atoms with Gasteiger partial charge in [0.2, 0.25) is 0 Å². The van der Waals surface area contributed by atoms with Crippen molar-refractivity contribution >= 4 is 23.4 Å². The smallest absolute Gasteiger partial charge is 0.305 e. The van der Waals surface area contributed by atoms with Gasteiger partial charge in [0, 0.05) is 25.4 Å². The number of halogens is 1. The topological polar surface area (TPSA) is 61.8 Å². The van der Waals surface area contributed by atoms with Crippen molar-refractivity contribution in [3.63, 3.8) is 0 Å². The van der Waals surface area contributed by atoms with Gasteiger partial charge in [-0.2, -0.15) is 0 Å². The first-order valence-corrected chi connectivity index (χ1v) is 12.7. The molecule has 0 bridgehead atoms. The normalized spacial score (nSPS) is 28.8. The molecule has 4 unspecified atom stereocenters. The molecule has 0 N–H and O–H groups in total. The van der Waals surface area contributed by atoms with Crippen molar-refractivity contribution in [3.05, 3.63) is 34.9 Å². The minimum absolute atomic E-state index is 0.0519. The highest BCUT2D eigenvalue weighted by molar-refractivity contribution is 6.42. The summed E-state index contributed by atoms with van der Waals surface area (Å²) in [6.07, 6.45) is 16.6. The van der Waals surface area contributed by atoms with Gasteiger partial charge in [-0.1, -0.05) is 60.7 Å². The predicted octanol–water partition coefficient (Wildman–Crippen LogP) is 6.12. The summed E-state index contributed by atoms with van der Waals surface area (Å²) >= 11 is 6.64. The number of Topliss-reactive ketones (excluding diaryl/α,β-unsaturated/α-hetero) is 1. The summed E-state index contributed by atoms with van der Waals surface area (Å²) in [5, 5.41) is 0.374. The molecule has 0 aromatic rings. The van der Waals surface area contributed by atoms with Crippen LogP contribution in [-0.4, -0.2) is 37.9 Å². The van der Waals surface area contributed by atoms with Crippen molar-refractivity contribution in [1.29, 1.82) is 0 Å². The zero-order valence-electron chi connectivity index (χ0n) is 20.5. The molecule has 0 spiro atoms. The number of esters is 1. The van der Waals surface area contributed by atoms with E-state index in [4.69, 9.17) is 25.8 Å². The summed E-state index contributed by atoms with van der Waals surface area (Å²) in [5.74, 6) is 0.0364. The molecule has 0 heterocycles. The number of methoxy groups -OCH3 is 2.